The van der Waals surface area contributed by atoms with Crippen LogP contribution >= 0.6 is 0 Å². The summed E-state index contributed by atoms with van der Waals surface area (Å²) in [6, 6.07) is 50.0. The van der Waals surface area contributed by atoms with Gasteiger partial charge in [0.1, 0.15) is 22.3 Å². The fourth-order valence-corrected chi connectivity index (χ4v) is 7.82. The number of furan rings is 2. The number of fused-ring (bicyclic) bond motifs is 11. The Morgan fingerprint density at radius 3 is 1.89 bits per heavy atom. The number of hydrogen-bond donors (Lipinski definition) is 0. The standard InChI is InChI=1S/C43H29NO2/c1-43(2)36-13-7-5-11-31(36)33-23-27(16-19-37(33)43)44(28-17-21-39-34(24-28)32-12-6-8-14-38(32)45-39)29-18-22-40-35(25-29)42-30-10-4-3-9-26(30)15-20-41(42)46-40/h3-25H,1-2H3. The predicted octanol–water partition coefficient (Wildman–Crippen LogP) is 12.4. The molecule has 0 N–H and O–H groups in total. The first-order chi connectivity index (χ1) is 22.5. The minimum absolute atomic E-state index is 0.0560. The van der Waals surface area contributed by atoms with Gasteiger partial charge >= 0.3 is 0 Å². The van der Waals surface area contributed by atoms with E-state index < -0.39 is 0 Å². The van der Waals surface area contributed by atoms with Crippen LogP contribution in [0.4, 0.5) is 17.1 Å². The maximum atomic E-state index is 6.39. The Hall–Kier alpha value is -5.80. The van der Waals surface area contributed by atoms with Crippen molar-refractivity contribution in [2.24, 2.45) is 0 Å². The zero-order valence-corrected chi connectivity index (χ0v) is 25.5. The van der Waals surface area contributed by atoms with E-state index in [-0.39, 0.29) is 5.41 Å². The summed E-state index contributed by atoms with van der Waals surface area (Å²) in [7, 11) is 0. The van der Waals surface area contributed by atoms with Crippen molar-refractivity contribution < 1.29 is 8.83 Å². The second-order valence-corrected chi connectivity index (χ2v) is 13.0. The first-order valence-electron chi connectivity index (χ1n) is 15.8. The lowest BCUT2D eigenvalue weighted by molar-refractivity contribution is 0.660. The Balaban J connectivity index is 1.25. The Morgan fingerprint density at radius 2 is 1.02 bits per heavy atom. The van der Waals surface area contributed by atoms with Gasteiger partial charge in [-0.15, -0.1) is 0 Å². The monoisotopic (exact) mass is 591 g/mol. The number of nitrogens with zero attached hydrogens (tertiary/aromatic N) is 1. The molecule has 9 aromatic rings. The fourth-order valence-electron chi connectivity index (χ4n) is 7.82. The molecule has 3 heteroatoms. The van der Waals surface area contributed by atoms with E-state index in [1.165, 1.54) is 33.0 Å². The smallest absolute Gasteiger partial charge is 0.136 e. The Morgan fingerprint density at radius 1 is 0.435 bits per heavy atom. The van der Waals surface area contributed by atoms with Crippen LogP contribution in [0.2, 0.25) is 0 Å². The van der Waals surface area contributed by atoms with Crippen molar-refractivity contribution in [3.63, 3.8) is 0 Å². The SMILES string of the molecule is CC1(C)c2ccccc2-c2cc(N(c3ccc4oc5ccccc5c4c3)c3ccc4oc5ccc6ccccc6c5c4c3)ccc21. The number of rotatable bonds is 3. The van der Waals surface area contributed by atoms with E-state index in [0.717, 1.165) is 60.9 Å². The van der Waals surface area contributed by atoms with Crippen molar-refractivity contribution >= 4 is 71.7 Å². The van der Waals surface area contributed by atoms with Crippen LogP contribution in [0.1, 0.15) is 25.0 Å². The third-order valence-corrected chi connectivity index (χ3v) is 10.0. The summed E-state index contributed by atoms with van der Waals surface area (Å²) in [4.78, 5) is 2.37. The average molecular weight is 592 g/mol. The molecule has 0 bridgehead atoms. The van der Waals surface area contributed by atoms with Crippen LogP contribution in [0.15, 0.2) is 148 Å². The lowest BCUT2D eigenvalue weighted by atomic mass is 9.82. The minimum atomic E-state index is -0.0560. The summed E-state index contributed by atoms with van der Waals surface area (Å²) in [5.41, 5.74) is 12.1. The summed E-state index contributed by atoms with van der Waals surface area (Å²) in [6.45, 7) is 4.66. The molecular formula is C43H29NO2. The zero-order chi connectivity index (χ0) is 30.6. The summed E-state index contributed by atoms with van der Waals surface area (Å²) >= 11 is 0. The minimum Gasteiger partial charge on any atom is -0.456 e. The molecular weight excluding hydrogens is 562 g/mol. The van der Waals surface area contributed by atoms with Gasteiger partial charge in [0.15, 0.2) is 0 Å². The maximum absolute atomic E-state index is 6.39. The van der Waals surface area contributed by atoms with E-state index in [2.05, 4.69) is 146 Å². The van der Waals surface area contributed by atoms with Gasteiger partial charge in [-0.3, -0.25) is 0 Å². The van der Waals surface area contributed by atoms with Gasteiger partial charge in [0.05, 0.1) is 0 Å². The second-order valence-electron chi connectivity index (χ2n) is 13.0. The van der Waals surface area contributed by atoms with Gasteiger partial charge < -0.3 is 13.7 Å². The highest BCUT2D eigenvalue weighted by Gasteiger charge is 2.35. The first kappa shape index (κ1) is 25.5. The van der Waals surface area contributed by atoms with Crippen molar-refractivity contribution in [2.75, 3.05) is 4.90 Å². The third kappa shape index (κ3) is 3.48. The molecule has 0 fully saturated rings. The van der Waals surface area contributed by atoms with Gasteiger partial charge in [-0.1, -0.05) is 92.7 Å². The lowest BCUT2D eigenvalue weighted by Gasteiger charge is -2.27. The molecule has 0 amide bonds. The third-order valence-electron chi connectivity index (χ3n) is 10.0. The number of benzene rings is 7. The van der Waals surface area contributed by atoms with E-state index in [0.29, 0.717) is 0 Å². The van der Waals surface area contributed by atoms with Crippen LogP contribution in [-0.2, 0) is 5.41 Å². The molecule has 2 aromatic heterocycles. The predicted molar refractivity (Wildman–Crippen MR) is 191 cm³/mol. The van der Waals surface area contributed by atoms with Gasteiger partial charge in [0, 0.05) is 44.0 Å². The van der Waals surface area contributed by atoms with Crippen molar-refractivity contribution in [2.45, 2.75) is 19.3 Å². The molecule has 7 aromatic carbocycles. The van der Waals surface area contributed by atoms with Crippen molar-refractivity contribution in [1.82, 2.24) is 0 Å². The van der Waals surface area contributed by atoms with E-state index in [1.807, 2.05) is 12.1 Å². The van der Waals surface area contributed by atoms with E-state index >= 15 is 0 Å². The largest absolute Gasteiger partial charge is 0.456 e. The van der Waals surface area contributed by atoms with Gasteiger partial charge in [-0.25, -0.2) is 0 Å². The summed E-state index contributed by atoms with van der Waals surface area (Å²) < 4.78 is 12.6. The molecule has 1 aliphatic carbocycles. The Labute approximate surface area is 265 Å². The fraction of sp³-hybridized carbons (Fsp3) is 0.0698. The molecule has 1 aliphatic rings. The second kappa shape index (κ2) is 9.12. The van der Waals surface area contributed by atoms with Crippen molar-refractivity contribution in [1.29, 1.82) is 0 Å². The quantitative estimate of drug-likeness (QED) is 0.205. The highest BCUT2D eigenvalue weighted by molar-refractivity contribution is 6.19. The van der Waals surface area contributed by atoms with Gasteiger partial charge in [-0.2, -0.15) is 0 Å². The average Bonchev–Trinajstić information content (AvgIpc) is 3.73. The number of anilines is 3. The molecule has 0 atom stereocenters. The van der Waals surface area contributed by atoms with Crippen LogP contribution in [-0.4, -0.2) is 0 Å². The Kier molecular flexibility index (Phi) is 5.06. The molecule has 2 heterocycles. The molecule has 0 saturated carbocycles. The molecule has 218 valence electrons. The van der Waals surface area contributed by atoms with Crippen LogP contribution in [0.3, 0.4) is 0 Å². The summed E-state index contributed by atoms with van der Waals surface area (Å²) in [5.74, 6) is 0. The van der Waals surface area contributed by atoms with Crippen LogP contribution in [0, 0.1) is 0 Å². The number of hydrogen-bond acceptors (Lipinski definition) is 3. The topological polar surface area (TPSA) is 29.5 Å². The van der Waals surface area contributed by atoms with E-state index in [9.17, 15) is 0 Å². The first-order valence-corrected chi connectivity index (χ1v) is 15.8. The van der Waals surface area contributed by atoms with Gasteiger partial charge in [0.2, 0.25) is 0 Å². The molecule has 46 heavy (non-hydrogen) atoms. The molecule has 0 radical (unpaired) electrons. The lowest BCUT2D eigenvalue weighted by Crippen LogP contribution is -2.15. The van der Waals surface area contributed by atoms with E-state index in [1.54, 1.807) is 0 Å². The molecule has 10 rings (SSSR count). The van der Waals surface area contributed by atoms with Crippen molar-refractivity contribution in [3.05, 3.63) is 151 Å². The van der Waals surface area contributed by atoms with Crippen molar-refractivity contribution in [3.8, 4) is 11.1 Å². The molecule has 0 saturated heterocycles. The van der Waals surface area contributed by atoms with Crippen LogP contribution in [0.25, 0.3) is 65.8 Å². The normalized spacial score (nSPS) is 13.6. The molecule has 3 nitrogen and oxygen atoms in total. The van der Waals surface area contributed by atoms with Crippen LogP contribution in [0.5, 0.6) is 0 Å². The molecule has 0 spiro atoms. The summed E-state index contributed by atoms with van der Waals surface area (Å²) in [5, 5.41) is 6.88. The summed E-state index contributed by atoms with van der Waals surface area (Å²) in [6.07, 6.45) is 0. The zero-order valence-electron chi connectivity index (χ0n) is 25.5. The van der Waals surface area contributed by atoms with E-state index in [4.69, 9.17) is 8.83 Å². The molecule has 0 aliphatic heterocycles. The van der Waals surface area contributed by atoms with Crippen LogP contribution < -0.4 is 4.90 Å². The Bertz CT molecular complexity index is 2690. The van der Waals surface area contributed by atoms with Gasteiger partial charge in [-0.05, 0) is 93.7 Å². The maximum Gasteiger partial charge on any atom is 0.136 e. The molecule has 0 unspecified atom stereocenters. The highest BCUT2D eigenvalue weighted by Crippen LogP contribution is 2.51. The van der Waals surface area contributed by atoms with Gasteiger partial charge in [0.25, 0.3) is 0 Å². The number of para-hydroxylation sites is 1. The highest BCUT2D eigenvalue weighted by atomic mass is 16.3.